The molecule has 1 fully saturated rings. The summed E-state index contributed by atoms with van der Waals surface area (Å²) < 4.78 is 23.2. The van der Waals surface area contributed by atoms with Gasteiger partial charge in [0, 0.05) is 12.2 Å². The molecule has 8 nitrogen and oxygen atoms in total. The molecule has 2 aliphatic heterocycles. The summed E-state index contributed by atoms with van der Waals surface area (Å²) in [5, 5.41) is 20.2. The number of carbonyl (C=O) groups excluding carboxylic acids is 1. The van der Waals surface area contributed by atoms with Crippen molar-refractivity contribution in [1.29, 1.82) is 0 Å². The quantitative estimate of drug-likeness (QED) is 0.691. The summed E-state index contributed by atoms with van der Waals surface area (Å²) in [4.78, 5) is 15.1. The van der Waals surface area contributed by atoms with Crippen molar-refractivity contribution in [2.75, 3.05) is 23.1 Å². The predicted octanol–water partition coefficient (Wildman–Crippen LogP) is 2.10. The molecule has 1 saturated heterocycles. The van der Waals surface area contributed by atoms with Crippen LogP contribution in [0.25, 0.3) is 6.08 Å². The molecule has 2 aliphatic rings. The lowest BCUT2D eigenvalue weighted by Crippen LogP contribution is -2.31. The fourth-order valence-corrected chi connectivity index (χ4v) is 4.50. The van der Waals surface area contributed by atoms with Crippen LogP contribution in [0.4, 0.5) is 11.4 Å². The minimum atomic E-state index is -3.89. The third-order valence-corrected chi connectivity index (χ3v) is 6.49. The zero-order chi connectivity index (χ0) is 22.2. The Balaban J connectivity index is 1.57. The number of nitrogens with two attached hydrogens (primary N) is 1. The average molecular weight is 441 g/mol. The van der Waals surface area contributed by atoms with E-state index in [1.54, 1.807) is 19.1 Å². The molecule has 3 N–H and O–H groups in total. The molecule has 0 aliphatic carbocycles. The molecule has 2 aromatic rings. The average Bonchev–Trinajstić information content (AvgIpc) is 3.34. The molecule has 2 aromatic carbocycles. The van der Waals surface area contributed by atoms with Crippen LogP contribution in [0.1, 0.15) is 25.3 Å². The van der Waals surface area contributed by atoms with Gasteiger partial charge in [-0.25, -0.2) is 13.6 Å². The number of nitrogens with zero attached hydrogens (tertiary/aromatic N) is 3. The Morgan fingerprint density at radius 1 is 1.19 bits per heavy atom. The third kappa shape index (κ3) is 4.25. The van der Waals surface area contributed by atoms with Crippen molar-refractivity contribution in [2.45, 2.75) is 30.7 Å². The molecule has 1 unspecified atom stereocenters. The maximum Gasteiger partial charge on any atom is 0.280 e. The maximum absolute atomic E-state index is 13.0. The number of benzene rings is 2. The Hall–Kier alpha value is -3.01. The summed E-state index contributed by atoms with van der Waals surface area (Å²) in [6.07, 6.45) is 3.81. The number of hydrogen-bond acceptors (Lipinski definition) is 6. The molecular formula is C22H24N4O4S. The van der Waals surface area contributed by atoms with Crippen molar-refractivity contribution in [3.8, 4) is 0 Å². The normalized spacial score (nSPS) is 20.6. The second kappa shape index (κ2) is 8.26. The van der Waals surface area contributed by atoms with Gasteiger partial charge in [-0.1, -0.05) is 18.2 Å². The van der Waals surface area contributed by atoms with Crippen LogP contribution in [0.3, 0.4) is 0 Å². The Morgan fingerprint density at radius 2 is 1.94 bits per heavy atom. The van der Waals surface area contributed by atoms with E-state index < -0.39 is 10.0 Å². The molecule has 162 valence electrons. The standard InChI is InChI=1S/C22H24N4O4S/c1-15-21(12-16-7-9-17(10-8-16)25-11-3-5-19(25)14-27)22(28)26(24-15)18-4-2-6-20(13-18)31(23,29)30/h2,4,6-10,12-13,19,27H,3,5,11,14H2,1H3,(H2,23,29,30)/b21-12-. The van der Waals surface area contributed by atoms with Gasteiger partial charge < -0.3 is 10.0 Å². The van der Waals surface area contributed by atoms with Gasteiger partial charge in [-0.05, 0) is 61.7 Å². The number of rotatable bonds is 5. The Labute approximate surface area is 181 Å². The van der Waals surface area contributed by atoms with Crippen molar-refractivity contribution in [2.24, 2.45) is 10.2 Å². The number of aliphatic hydroxyl groups excluding tert-OH is 1. The molecule has 0 radical (unpaired) electrons. The van der Waals surface area contributed by atoms with Gasteiger partial charge in [0.15, 0.2) is 0 Å². The van der Waals surface area contributed by atoms with E-state index in [1.165, 1.54) is 23.2 Å². The van der Waals surface area contributed by atoms with E-state index in [9.17, 15) is 18.3 Å². The van der Waals surface area contributed by atoms with Crippen molar-refractivity contribution < 1.29 is 18.3 Å². The molecule has 4 rings (SSSR count). The van der Waals surface area contributed by atoms with Gasteiger partial charge in [0.1, 0.15) is 0 Å². The van der Waals surface area contributed by atoms with E-state index in [2.05, 4.69) is 10.0 Å². The molecule has 1 atom stereocenters. The van der Waals surface area contributed by atoms with Gasteiger partial charge in [-0.2, -0.15) is 10.1 Å². The lowest BCUT2D eigenvalue weighted by Gasteiger charge is -2.25. The second-order valence-corrected chi connectivity index (χ2v) is 9.23. The summed E-state index contributed by atoms with van der Waals surface area (Å²) >= 11 is 0. The number of aliphatic hydroxyl groups is 1. The number of sulfonamides is 1. The van der Waals surface area contributed by atoms with Gasteiger partial charge in [0.25, 0.3) is 5.91 Å². The zero-order valence-corrected chi connectivity index (χ0v) is 17.9. The highest BCUT2D eigenvalue weighted by atomic mass is 32.2. The number of hydrazone groups is 1. The summed E-state index contributed by atoms with van der Waals surface area (Å²) in [6, 6.07) is 13.8. The van der Waals surface area contributed by atoms with Gasteiger partial charge in [0.2, 0.25) is 10.0 Å². The van der Waals surface area contributed by atoms with Crippen molar-refractivity contribution in [1.82, 2.24) is 0 Å². The minimum Gasteiger partial charge on any atom is -0.394 e. The van der Waals surface area contributed by atoms with E-state index in [4.69, 9.17) is 5.14 Å². The SMILES string of the molecule is CC1=NN(c2cccc(S(N)(=O)=O)c2)C(=O)/C1=C\c1ccc(N2CCCC2CO)cc1. The van der Waals surface area contributed by atoms with Crippen LogP contribution in [0, 0.1) is 0 Å². The van der Waals surface area contributed by atoms with Crippen molar-refractivity contribution >= 4 is 39.1 Å². The molecule has 2 heterocycles. The number of anilines is 2. The van der Waals surface area contributed by atoms with Gasteiger partial charge >= 0.3 is 0 Å². The Bertz CT molecular complexity index is 1170. The van der Waals surface area contributed by atoms with Crippen LogP contribution in [-0.4, -0.2) is 44.3 Å². The monoisotopic (exact) mass is 440 g/mol. The summed E-state index contributed by atoms with van der Waals surface area (Å²) in [6.45, 7) is 2.79. The fourth-order valence-electron chi connectivity index (χ4n) is 3.95. The first-order chi connectivity index (χ1) is 14.8. The van der Waals surface area contributed by atoms with E-state index in [-0.39, 0.29) is 23.5 Å². The zero-order valence-electron chi connectivity index (χ0n) is 17.1. The van der Waals surface area contributed by atoms with Crippen LogP contribution in [0.15, 0.2) is 64.1 Å². The highest BCUT2D eigenvalue weighted by molar-refractivity contribution is 7.89. The third-order valence-electron chi connectivity index (χ3n) is 5.58. The van der Waals surface area contributed by atoms with Crippen LogP contribution >= 0.6 is 0 Å². The maximum atomic E-state index is 13.0. The highest BCUT2D eigenvalue weighted by Gasteiger charge is 2.29. The molecule has 0 spiro atoms. The first kappa shape index (κ1) is 21.2. The lowest BCUT2D eigenvalue weighted by molar-refractivity contribution is -0.114. The van der Waals surface area contributed by atoms with E-state index in [0.29, 0.717) is 17.0 Å². The molecule has 0 saturated carbocycles. The minimum absolute atomic E-state index is 0.0817. The Kier molecular flexibility index (Phi) is 5.65. The topological polar surface area (TPSA) is 116 Å². The molecular weight excluding hydrogens is 416 g/mol. The largest absolute Gasteiger partial charge is 0.394 e. The van der Waals surface area contributed by atoms with Crippen molar-refractivity contribution in [3.05, 3.63) is 59.7 Å². The number of hydrogen-bond donors (Lipinski definition) is 2. The summed E-state index contributed by atoms with van der Waals surface area (Å²) in [7, 11) is -3.89. The molecule has 9 heteroatoms. The van der Waals surface area contributed by atoms with Gasteiger partial charge in [-0.3, -0.25) is 4.79 Å². The molecule has 0 bridgehead atoms. The van der Waals surface area contributed by atoms with Crippen LogP contribution < -0.4 is 15.0 Å². The highest BCUT2D eigenvalue weighted by Crippen LogP contribution is 2.28. The van der Waals surface area contributed by atoms with Gasteiger partial charge in [-0.15, -0.1) is 0 Å². The first-order valence-corrected chi connectivity index (χ1v) is 11.5. The van der Waals surface area contributed by atoms with E-state index in [0.717, 1.165) is 30.6 Å². The van der Waals surface area contributed by atoms with E-state index in [1.807, 2.05) is 24.3 Å². The number of carbonyl (C=O) groups is 1. The molecule has 31 heavy (non-hydrogen) atoms. The fraction of sp³-hybridized carbons (Fsp3) is 0.273. The number of primary sulfonamides is 1. The van der Waals surface area contributed by atoms with E-state index >= 15 is 0 Å². The predicted molar refractivity (Wildman–Crippen MR) is 120 cm³/mol. The summed E-state index contributed by atoms with van der Waals surface area (Å²) in [5.74, 6) is -0.340. The number of amides is 1. The smallest absolute Gasteiger partial charge is 0.280 e. The lowest BCUT2D eigenvalue weighted by atomic mass is 10.1. The van der Waals surface area contributed by atoms with Crippen LogP contribution in [0.2, 0.25) is 0 Å². The van der Waals surface area contributed by atoms with Gasteiger partial charge in [0.05, 0.1) is 34.5 Å². The second-order valence-electron chi connectivity index (χ2n) is 7.67. The molecule has 0 aromatic heterocycles. The Morgan fingerprint density at radius 3 is 2.61 bits per heavy atom. The molecule has 1 amide bonds. The summed E-state index contributed by atoms with van der Waals surface area (Å²) in [5.41, 5.74) is 3.20. The van der Waals surface area contributed by atoms with Crippen LogP contribution in [0.5, 0.6) is 0 Å². The first-order valence-electron chi connectivity index (χ1n) is 10.00. The van der Waals surface area contributed by atoms with Crippen LogP contribution in [-0.2, 0) is 14.8 Å². The van der Waals surface area contributed by atoms with Crippen molar-refractivity contribution in [3.63, 3.8) is 0 Å².